The molecule has 20 heavy (non-hydrogen) atoms. The molecule has 1 aliphatic rings. The second kappa shape index (κ2) is 5.37. The van der Waals surface area contributed by atoms with Gasteiger partial charge >= 0.3 is 0 Å². The summed E-state index contributed by atoms with van der Waals surface area (Å²) >= 11 is 5.76. The number of halogens is 2. The minimum absolute atomic E-state index is 0.00997. The van der Waals surface area contributed by atoms with Crippen LogP contribution in [0.1, 0.15) is 47.8 Å². The first-order valence-corrected chi connectivity index (χ1v) is 6.98. The quantitative estimate of drug-likeness (QED) is 0.777. The fourth-order valence-electron chi connectivity index (χ4n) is 2.66. The molecular weight excluding hydrogens is 281 g/mol. The van der Waals surface area contributed by atoms with Crippen LogP contribution in [0.25, 0.3) is 11.5 Å². The summed E-state index contributed by atoms with van der Waals surface area (Å²) in [5.41, 5.74) is 0.913. The van der Waals surface area contributed by atoms with Crippen LogP contribution in [-0.4, -0.2) is 11.3 Å². The van der Waals surface area contributed by atoms with Crippen molar-refractivity contribution in [3.8, 4) is 11.5 Å². The third-order valence-electron chi connectivity index (χ3n) is 3.69. The highest BCUT2D eigenvalue weighted by atomic mass is 35.5. The zero-order chi connectivity index (χ0) is 14.1. The zero-order valence-electron chi connectivity index (χ0n) is 10.7. The van der Waals surface area contributed by atoms with Crippen molar-refractivity contribution in [1.82, 2.24) is 4.98 Å². The Hall–Kier alpha value is -1.68. The lowest BCUT2D eigenvalue weighted by molar-refractivity contribution is 0.111. The van der Waals surface area contributed by atoms with E-state index in [1.165, 1.54) is 12.1 Å². The Morgan fingerprint density at radius 1 is 1.35 bits per heavy atom. The number of carbonyl (C=O) groups is 1. The zero-order valence-corrected chi connectivity index (χ0v) is 11.5. The van der Waals surface area contributed by atoms with Crippen LogP contribution in [0, 0.1) is 5.82 Å². The van der Waals surface area contributed by atoms with Crippen LogP contribution in [-0.2, 0) is 0 Å². The van der Waals surface area contributed by atoms with E-state index in [9.17, 15) is 9.18 Å². The van der Waals surface area contributed by atoms with E-state index in [-0.39, 0.29) is 10.9 Å². The summed E-state index contributed by atoms with van der Waals surface area (Å²) in [5, 5.41) is 0.00997. The van der Waals surface area contributed by atoms with Crippen LogP contribution in [0.2, 0.25) is 5.02 Å². The van der Waals surface area contributed by atoms with Crippen LogP contribution in [0.3, 0.4) is 0 Å². The molecule has 0 saturated heterocycles. The third-order valence-corrected chi connectivity index (χ3v) is 3.97. The fraction of sp³-hybridized carbons (Fsp3) is 0.333. The average Bonchev–Trinajstić information content (AvgIpc) is 3.09. The first kappa shape index (κ1) is 13.3. The average molecular weight is 294 g/mol. The molecule has 2 aromatic rings. The van der Waals surface area contributed by atoms with Crippen LogP contribution in [0.15, 0.2) is 22.6 Å². The molecule has 1 saturated carbocycles. The molecule has 3 rings (SSSR count). The van der Waals surface area contributed by atoms with Crippen molar-refractivity contribution in [3.05, 3.63) is 40.5 Å². The van der Waals surface area contributed by atoms with Gasteiger partial charge < -0.3 is 4.42 Å². The van der Waals surface area contributed by atoms with E-state index in [1.807, 2.05) is 0 Å². The van der Waals surface area contributed by atoms with Crippen molar-refractivity contribution in [2.24, 2.45) is 0 Å². The van der Waals surface area contributed by atoms with Gasteiger partial charge in [0.1, 0.15) is 17.3 Å². The van der Waals surface area contributed by atoms with Crippen LogP contribution < -0.4 is 0 Å². The molecule has 0 aliphatic heterocycles. The van der Waals surface area contributed by atoms with E-state index >= 15 is 0 Å². The van der Waals surface area contributed by atoms with Crippen LogP contribution >= 0.6 is 11.6 Å². The van der Waals surface area contributed by atoms with Gasteiger partial charge in [0.05, 0.1) is 5.02 Å². The summed E-state index contributed by atoms with van der Waals surface area (Å²) in [5.74, 6) is 0.727. The van der Waals surface area contributed by atoms with E-state index in [0.717, 1.165) is 25.7 Å². The lowest BCUT2D eigenvalue weighted by atomic mass is 10.0. The Morgan fingerprint density at radius 2 is 2.10 bits per heavy atom. The lowest BCUT2D eigenvalue weighted by Crippen LogP contribution is -1.94. The van der Waals surface area contributed by atoms with E-state index in [0.29, 0.717) is 29.2 Å². The topological polar surface area (TPSA) is 43.1 Å². The number of hydrogen-bond acceptors (Lipinski definition) is 3. The highest BCUT2D eigenvalue weighted by Crippen LogP contribution is 2.37. The molecule has 0 spiro atoms. The molecule has 5 heteroatoms. The van der Waals surface area contributed by atoms with Gasteiger partial charge in [-0.3, -0.25) is 4.79 Å². The molecule has 0 radical (unpaired) electrons. The molecule has 0 amide bonds. The number of aromatic nitrogens is 1. The van der Waals surface area contributed by atoms with Crippen molar-refractivity contribution in [3.63, 3.8) is 0 Å². The molecule has 1 heterocycles. The molecule has 3 nitrogen and oxygen atoms in total. The van der Waals surface area contributed by atoms with Crippen molar-refractivity contribution in [2.45, 2.75) is 31.6 Å². The normalized spacial score (nSPS) is 15.7. The predicted molar refractivity (Wildman–Crippen MR) is 73.5 cm³/mol. The minimum Gasteiger partial charge on any atom is -0.440 e. The SMILES string of the molecule is O=Cc1nc(-c2ccc(F)c(Cl)c2)oc1C1CCCC1. The van der Waals surface area contributed by atoms with Crippen LogP contribution in [0.4, 0.5) is 4.39 Å². The van der Waals surface area contributed by atoms with E-state index < -0.39 is 5.82 Å². The first-order chi connectivity index (χ1) is 9.69. The second-order valence-electron chi connectivity index (χ2n) is 5.00. The van der Waals surface area contributed by atoms with E-state index in [1.54, 1.807) is 6.07 Å². The molecule has 0 bridgehead atoms. The van der Waals surface area contributed by atoms with Gasteiger partial charge in [-0.05, 0) is 31.0 Å². The van der Waals surface area contributed by atoms with Gasteiger partial charge in [0.2, 0.25) is 5.89 Å². The summed E-state index contributed by atoms with van der Waals surface area (Å²) < 4.78 is 18.9. The molecule has 1 aliphatic carbocycles. The Morgan fingerprint density at radius 3 is 2.75 bits per heavy atom. The third kappa shape index (κ3) is 2.36. The van der Waals surface area contributed by atoms with Gasteiger partial charge in [-0.15, -0.1) is 0 Å². The maximum absolute atomic E-state index is 13.2. The van der Waals surface area contributed by atoms with Gasteiger partial charge in [-0.25, -0.2) is 9.37 Å². The van der Waals surface area contributed by atoms with Crippen molar-refractivity contribution >= 4 is 17.9 Å². The molecule has 104 valence electrons. The Balaban J connectivity index is 2.01. The van der Waals surface area contributed by atoms with Crippen molar-refractivity contribution < 1.29 is 13.6 Å². The second-order valence-corrected chi connectivity index (χ2v) is 5.40. The standard InChI is InChI=1S/C15H13ClFNO2/c16-11-7-10(5-6-12(11)17)15-18-13(8-19)14(20-15)9-3-1-2-4-9/h5-9H,1-4H2. The first-order valence-electron chi connectivity index (χ1n) is 6.60. The Labute approximate surface area is 120 Å². The smallest absolute Gasteiger partial charge is 0.227 e. The maximum atomic E-state index is 13.2. The molecule has 0 atom stereocenters. The molecule has 1 fully saturated rings. The highest BCUT2D eigenvalue weighted by molar-refractivity contribution is 6.31. The number of oxazole rings is 1. The van der Waals surface area contributed by atoms with Gasteiger partial charge in [0.15, 0.2) is 6.29 Å². The van der Waals surface area contributed by atoms with Crippen molar-refractivity contribution in [1.29, 1.82) is 0 Å². The largest absolute Gasteiger partial charge is 0.440 e. The molecule has 0 N–H and O–H groups in total. The van der Waals surface area contributed by atoms with Gasteiger partial charge in [-0.1, -0.05) is 24.4 Å². The van der Waals surface area contributed by atoms with Gasteiger partial charge in [-0.2, -0.15) is 0 Å². The monoisotopic (exact) mass is 293 g/mol. The number of nitrogens with zero attached hydrogens (tertiary/aromatic N) is 1. The minimum atomic E-state index is -0.492. The summed E-state index contributed by atoms with van der Waals surface area (Å²) in [6, 6.07) is 4.26. The van der Waals surface area contributed by atoms with Crippen LogP contribution in [0.5, 0.6) is 0 Å². The number of aldehydes is 1. The van der Waals surface area contributed by atoms with E-state index in [2.05, 4.69) is 4.98 Å². The number of rotatable bonds is 3. The number of hydrogen-bond donors (Lipinski definition) is 0. The summed E-state index contributed by atoms with van der Waals surface area (Å²) in [6.07, 6.45) is 5.02. The predicted octanol–water partition coefficient (Wildman–Crippen LogP) is 4.60. The summed E-state index contributed by atoms with van der Waals surface area (Å²) in [7, 11) is 0. The van der Waals surface area contributed by atoms with Gasteiger partial charge in [0.25, 0.3) is 0 Å². The molecule has 0 unspecified atom stereocenters. The Kier molecular flexibility index (Phi) is 3.57. The number of carbonyl (C=O) groups excluding carboxylic acids is 1. The molecule has 1 aromatic carbocycles. The maximum Gasteiger partial charge on any atom is 0.227 e. The highest BCUT2D eigenvalue weighted by Gasteiger charge is 2.25. The number of benzene rings is 1. The summed E-state index contributed by atoms with van der Waals surface area (Å²) in [4.78, 5) is 15.3. The summed E-state index contributed by atoms with van der Waals surface area (Å²) in [6.45, 7) is 0. The lowest BCUT2D eigenvalue weighted by Gasteiger charge is -2.04. The Bertz CT molecular complexity index is 647. The fourth-order valence-corrected chi connectivity index (χ4v) is 2.84. The van der Waals surface area contributed by atoms with E-state index in [4.69, 9.17) is 16.0 Å². The molecule has 1 aromatic heterocycles. The van der Waals surface area contributed by atoms with Gasteiger partial charge in [0, 0.05) is 11.5 Å². The van der Waals surface area contributed by atoms with Crippen molar-refractivity contribution in [2.75, 3.05) is 0 Å². The molecular formula is C15H13ClFNO2.